The van der Waals surface area contributed by atoms with Crippen LogP contribution in [-0.4, -0.2) is 16.4 Å². The molecule has 0 aliphatic rings. The summed E-state index contributed by atoms with van der Waals surface area (Å²) in [6.45, 7) is 0. The fraction of sp³-hybridized carbons (Fsp3) is 0.0714. The molecule has 0 saturated carbocycles. The van der Waals surface area contributed by atoms with Crippen LogP contribution >= 0.6 is 15.9 Å². The monoisotopic (exact) mass is 349 g/mol. The predicted octanol–water partition coefficient (Wildman–Crippen LogP) is 1.22. The number of nitrogens with one attached hydrogen (secondary N) is 2. The number of benzene rings is 1. The van der Waals surface area contributed by atoms with Gasteiger partial charge >= 0.3 is 0 Å². The number of carbonyl (C=O) groups is 2. The Hall–Kier alpha value is -2.41. The van der Waals surface area contributed by atoms with Crippen molar-refractivity contribution in [3.8, 4) is 0 Å². The van der Waals surface area contributed by atoms with Crippen molar-refractivity contribution in [1.29, 1.82) is 0 Å². The van der Waals surface area contributed by atoms with E-state index in [9.17, 15) is 14.4 Å². The summed E-state index contributed by atoms with van der Waals surface area (Å²) >= 11 is 3.27. The summed E-state index contributed by atoms with van der Waals surface area (Å²) in [6.07, 6.45) is 1.48. The van der Waals surface area contributed by atoms with Crippen LogP contribution in [-0.2, 0) is 7.05 Å². The minimum absolute atomic E-state index is 0.175. The molecule has 1 aromatic heterocycles. The fourth-order valence-electron chi connectivity index (χ4n) is 1.55. The van der Waals surface area contributed by atoms with Crippen LogP contribution in [0.5, 0.6) is 0 Å². The molecule has 108 valence electrons. The molecule has 0 aliphatic carbocycles. The van der Waals surface area contributed by atoms with Crippen LogP contribution in [0.4, 0.5) is 0 Å². The smallest absolute Gasteiger partial charge is 0.269 e. The lowest BCUT2D eigenvalue weighted by Gasteiger charge is -2.07. The zero-order chi connectivity index (χ0) is 15.4. The maximum absolute atomic E-state index is 11.8. The maximum atomic E-state index is 11.8. The van der Waals surface area contributed by atoms with Gasteiger partial charge in [-0.2, -0.15) is 0 Å². The number of hydrogen-bond donors (Lipinski definition) is 2. The average molecular weight is 350 g/mol. The van der Waals surface area contributed by atoms with Gasteiger partial charge in [-0.25, -0.2) is 0 Å². The van der Waals surface area contributed by atoms with Crippen LogP contribution in [0.25, 0.3) is 0 Å². The van der Waals surface area contributed by atoms with E-state index in [1.165, 1.54) is 22.9 Å². The number of hydrogen-bond acceptors (Lipinski definition) is 3. The topological polar surface area (TPSA) is 80.2 Å². The summed E-state index contributed by atoms with van der Waals surface area (Å²) in [5.74, 6) is -1.00. The number of hydrazine groups is 1. The molecule has 2 amide bonds. The minimum Gasteiger partial charge on any atom is -0.319 e. The minimum atomic E-state index is -0.557. The number of carbonyl (C=O) groups excluding carboxylic acids is 2. The van der Waals surface area contributed by atoms with Crippen molar-refractivity contribution in [3.05, 3.63) is 68.5 Å². The van der Waals surface area contributed by atoms with Gasteiger partial charge in [0.25, 0.3) is 17.4 Å². The number of nitrogens with zero attached hydrogens (tertiary/aromatic N) is 1. The number of aromatic nitrogens is 1. The molecule has 6 nitrogen and oxygen atoms in total. The van der Waals surface area contributed by atoms with Crippen molar-refractivity contribution in [3.63, 3.8) is 0 Å². The Bertz CT molecular complexity index is 738. The van der Waals surface area contributed by atoms with Gasteiger partial charge < -0.3 is 4.57 Å². The quantitative estimate of drug-likeness (QED) is 0.800. The first kappa shape index (κ1) is 15.0. The molecule has 0 atom stereocenters. The van der Waals surface area contributed by atoms with Gasteiger partial charge in [-0.05, 0) is 30.3 Å². The first-order chi connectivity index (χ1) is 9.97. The molecular formula is C14H12BrN3O3. The first-order valence-corrected chi connectivity index (χ1v) is 6.79. The van der Waals surface area contributed by atoms with Gasteiger partial charge in [-0.1, -0.05) is 15.9 Å². The number of pyridine rings is 1. The van der Waals surface area contributed by atoms with E-state index < -0.39 is 11.8 Å². The number of aryl methyl sites for hydroxylation is 1. The molecule has 2 N–H and O–H groups in total. The third kappa shape index (κ3) is 3.79. The lowest BCUT2D eigenvalue weighted by molar-refractivity contribution is 0.0846. The van der Waals surface area contributed by atoms with E-state index in [1.807, 2.05) is 0 Å². The Morgan fingerprint density at radius 3 is 2.14 bits per heavy atom. The van der Waals surface area contributed by atoms with Gasteiger partial charge in [0.2, 0.25) is 0 Å². The van der Waals surface area contributed by atoms with Gasteiger partial charge in [0.05, 0.1) is 0 Å². The molecule has 2 rings (SSSR count). The molecule has 0 saturated heterocycles. The Balaban J connectivity index is 2.00. The standard InChI is InChI=1S/C14H12BrN3O3/c1-18-7-6-10(8-12(18)19)14(21)17-16-13(20)9-2-4-11(15)5-3-9/h2-8H,1H3,(H,16,20)(H,17,21). The van der Waals surface area contributed by atoms with Crippen LogP contribution in [0.15, 0.2) is 51.9 Å². The lowest BCUT2D eigenvalue weighted by atomic mass is 10.2. The molecule has 1 heterocycles. The molecule has 0 bridgehead atoms. The van der Waals surface area contributed by atoms with Gasteiger partial charge in [-0.15, -0.1) is 0 Å². The van der Waals surface area contributed by atoms with Crippen LogP contribution in [0, 0.1) is 0 Å². The van der Waals surface area contributed by atoms with E-state index >= 15 is 0 Å². The van der Waals surface area contributed by atoms with Crippen molar-refractivity contribution in [2.75, 3.05) is 0 Å². The van der Waals surface area contributed by atoms with Gasteiger partial charge in [0.1, 0.15) is 0 Å². The van der Waals surface area contributed by atoms with Crippen molar-refractivity contribution in [2.45, 2.75) is 0 Å². The van der Waals surface area contributed by atoms with Crippen molar-refractivity contribution in [2.24, 2.45) is 7.05 Å². The van der Waals surface area contributed by atoms with Gasteiger partial charge in [-0.3, -0.25) is 25.2 Å². The van der Waals surface area contributed by atoms with E-state index in [-0.39, 0.29) is 11.1 Å². The van der Waals surface area contributed by atoms with E-state index in [0.29, 0.717) is 5.56 Å². The van der Waals surface area contributed by atoms with Crippen LogP contribution < -0.4 is 16.4 Å². The maximum Gasteiger partial charge on any atom is 0.269 e. The molecule has 21 heavy (non-hydrogen) atoms. The number of amides is 2. The summed E-state index contributed by atoms with van der Waals surface area (Å²) in [6, 6.07) is 9.35. The summed E-state index contributed by atoms with van der Waals surface area (Å²) in [7, 11) is 1.58. The van der Waals surface area contributed by atoms with Crippen molar-refractivity contribution >= 4 is 27.7 Å². The highest BCUT2D eigenvalue weighted by molar-refractivity contribution is 9.10. The lowest BCUT2D eigenvalue weighted by Crippen LogP contribution is -2.42. The highest BCUT2D eigenvalue weighted by Crippen LogP contribution is 2.10. The van der Waals surface area contributed by atoms with E-state index in [2.05, 4.69) is 26.8 Å². The second-order valence-electron chi connectivity index (χ2n) is 4.28. The highest BCUT2D eigenvalue weighted by Gasteiger charge is 2.09. The van der Waals surface area contributed by atoms with Gasteiger partial charge in [0.15, 0.2) is 0 Å². The second-order valence-corrected chi connectivity index (χ2v) is 5.20. The summed E-state index contributed by atoms with van der Waals surface area (Å²) in [4.78, 5) is 35.0. The third-order valence-corrected chi connectivity index (χ3v) is 3.29. The van der Waals surface area contributed by atoms with Crippen LogP contribution in [0.1, 0.15) is 20.7 Å². The number of halogens is 1. The summed E-state index contributed by atoms with van der Waals surface area (Å²) in [5, 5.41) is 0. The normalized spacial score (nSPS) is 10.0. The molecule has 0 spiro atoms. The summed E-state index contributed by atoms with van der Waals surface area (Å²) < 4.78 is 2.19. The molecule has 1 aromatic carbocycles. The molecule has 0 aliphatic heterocycles. The Morgan fingerprint density at radius 2 is 1.57 bits per heavy atom. The van der Waals surface area contributed by atoms with Gasteiger partial charge in [0, 0.05) is 34.9 Å². The molecule has 0 unspecified atom stereocenters. The molecule has 0 radical (unpaired) electrons. The van der Waals surface area contributed by atoms with Crippen molar-refractivity contribution in [1.82, 2.24) is 15.4 Å². The largest absolute Gasteiger partial charge is 0.319 e. The highest BCUT2D eigenvalue weighted by atomic mass is 79.9. The zero-order valence-electron chi connectivity index (χ0n) is 11.1. The Labute approximate surface area is 128 Å². The SMILES string of the molecule is Cn1ccc(C(=O)NNC(=O)c2ccc(Br)cc2)cc1=O. The predicted molar refractivity (Wildman–Crippen MR) is 80.8 cm³/mol. The van der Waals surface area contributed by atoms with E-state index in [4.69, 9.17) is 0 Å². The fourth-order valence-corrected chi connectivity index (χ4v) is 1.81. The first-order valence-electron chi connectivity index (χ1n) is 6.00. The van der Waals surface area contributed by atoms with Crippen molar-refractivity contribution < 1.29 is 9.59 Å². The zero-order valence-corrected chi connectivity index (χ0v) is 12.7. The van der Waals surface area contributed by atoms with Crippen LogP contribution in [0.3, 0.4) is 0 Å². The Kier molecular flexibility index (Phi) is 4.54. The molecule has 0 fully saturated rings. The van der Waals surface area contributed by atoms with E-state index in [1.54, 1.807) is 31.3 Å². The molecule has 2 aromatic rings. The third-order valence-electron chi connectivity index (χ3n) is 2.76. The summed E-state index contributed by atoms with van der Waals surface area (Å²) in [5.41, 5.74) is 4.82. The number of rotatable bonds is 2. The molecule has 7 heteroatoms. The van der Waals surface area contributed by atoms with E-state index in [0.717, 1.165) is 4.47 Å². The average Bonchev–Trinajstić information content (AvgIpc) is 2.48. The molecular weight excluding hydrogens is 338 g/mol. The second kappa shape index (κ2) is 6.36. The van der Waals surface area contributed by atoms with Crippen LogP contribution in [0.2, 0.25) is 0 Å². The Morgan fingerprint density at radius 1 is 1.00 bits per heavy atom.